The number of rotatable bonds is 5. The van der Waals surface area contributed by atoms with Crippen molar-refractivity contribution < 1.29 is 13.9 Å². The van der Waals surface area contributed by atoms with Gasteiger partial charge in [0.1, 0.15) is 22.6 Å². The molecular formula is C18H13ClFN3O3S. The van der Waals surface area contributed by atoms with Gasteiger partial charge in [0.15, 0.2) is 5.57 Å². The number of benzene rings is 1. The SMILES string of the molecule is COC(=O)CCCn1c(=C(C#N)C#N)s/c(=C\c2c(F)cccc2Cl)c1=O. The number of nitriles is 2. The first kappa shape index (κ1) is 20.4. The first-order valence-corrected chi connectivity index (χ1v) is 8.89. The number of esters is 1. The van der Waals surface area contributed by atoms with E-state index in [1.165, 1.54) is 36.0 Å². The molecule has 2 rings (SSSR count). The molecule has 138 valence electrons. The molecule has 27 heavy (non-hydrogen) atoms. The summed E-state index contributed by atoms with van der Waals surface area (Å²) in [5, 5.41) is 18.4. The van der Waals surface area contributed by atoms with Gasteiger partial charge in [0, 0.05) is 18.5 Å². The normalized spacial score (nSPS) is 10.9. The minimum atomic E-state index is -0.598. The van der Waals surface area contributed by atoms with Gasteiger partial charge in [0.2, 0.25) is 0 Å². The van der Waals surface area contributed by atoms with E-state index in [0.717, 1.165) is 11.3 Å². The van der Waals surface area contributed by atoms with Gasteiger partial charge < -0.3 is 4.74 Å². The number of thiazole rings is 1. The molecule has 1 heterocycles. The Hall–Kier alpha value is -2.94. The number of hydrogen-bond donors (Lipinski definition) is 0. The maximum atomic E-state index is 14.0. The zero-order valence-corrected chi connectivity index (χ0v) is 15.7. The zero-order valence-electron chi connectivity index (χ0n) is 14.2. The van der Waals surface area contributed by atoms with Crippen molar-refractivity contribution in [3.8, 4) is 12.1 Å². The van der Waals surface area contributed by atoms with Gasteiger partial charge >= 0.3 is 5.97 Å². The highest BCUT2D eigenvalue weighted by atomic mass is 35.5. The first-order valence-electron chi connectivity index (χ1n) is 7.69. The third-order valence-corrected chi connectivity index (χ3v) is 5.07. The smallest absolute Gasteiger partial charge is 0.305 e. The van der Waals surface area contributed by atoms with E-state index in [2.05, 4.69) is 4.74 Å². The molecule has 2 aromatic rings. The van der Waals surface area contributed by atoms with Gasteiger partial charge in [-0.15, -0.1) is 11.3 Å². The van der Waals surface area contributed by atoms with Crippen molar-refractivity contribution in [2.45, 2.75) is 19.4 Å². The summed E-state index contributed by atoms with van der Waals surface area (Å²) in [5.41, 5.74) is -0.696. The van der Waals surface area contributed by atoms with Crippen LogP contribution in [0.15, 0.2) is 23.0 Å². The summed E-state index contributed by atoms with van der Waals surface area (Å²) in [6.45, 7) is 0.103. The summed E-state index contributed by atoms with van der Waals surface area (Å²) in [6.07, 6.45) is 1.64. The Morgan fingerprint density at radius 3 is 2.70 bits per heavy atom. The minimum absolute atomic E-state index is 0.0428. The predicted molar refractivity (Wildman–Crippen MR) is 98.7 cm³/mol. The molecule has 1 aromatic heterocycles. The van der Waals surface area contributed by atoms with Crippen LogP contribution >= 0.6 is 22.9 Å². The molecule has 9 heteroatoms. The summed E-state index contributed by atoms with van der Waals surface area (Å²) in [7, 11) is 1.26. The van der Waals surface area contributed by atoms with Crippen LogP contribution in [0.2, 0.25) is 5.02 Å². The van der Waals surface area contributed by atoms with E-state index in [1.807, 2.05) is 0 Å². The molecule has 0 atom stereocenters. The van der Waals surface area contributed by atoms with Gasteiger partial charge in [-0.1, -0.05) is 17.7 Å². The van der Waals surface area contributed by atoms with Crippen LogP contribution < -0.4 is 14.8 Å². The summed E-state index contributed by atoms with van der Waals surface area (Å²) >= 11 is 6.88. The summed E-state index contributed by atoms with van der Waals surface area (Å²) in [4.78, 5) is 24.0. The first-order chi connectivity index (χ1) is 12.9. The van der Waals surface area contributed by atoms with E-state index >= 15 is 0 Å². The topological polar surface area (TPSA) is 95.9 Å². The monoisotopic (exact) mass is 405 g/mol. The van der Waals surface area contributed by atoms with E-state index in [-0.39, 0.29) is 44.7 Å². The standard InChI is InChI=1S/C18H13ClFN3O3S/c1-26-16(24)6-3-7-23-17(25)15(27-18(23)11(9-21)10-22)8-12-13(19)4-2-5-14(12)20/h2,4-5,8H,3,6-7H2,1H3/b15-8-. The second-order valence-electron chi connectivity index (χ2n) is 5.29. The Morgan fingerprint density at radius 2 is 2.11 bits per heavy atom. The maximum Gasteiger partial charge on any atom is 0.305 e. The summed E-state index contributed by atoms with van der Waals surface area (Å²) in [5.74, 6) is -1.03. The Morgan fingerprint density at radius 1 is 1.41 bits per heavy atom. The molecule has 0 saturated carbocycles. The van der Waals surface area contributed by atoms with Crippen molar-refractivity contribution in [2.75, 3.05) is 7.11 Å². The fourth-order valence-corrected chi connectivity index (χ4v) is 3.57. The van der Waals surface area contributed by atoms with Crippen molar-refractivity contribution in [3.63, 3.8) is 0 Å². The fraction of sp³-hybridized carbons (Fsp3) is 0.222. The third-order valence-electron chi connectivity index (χ3n) is 3.61. The molecule has 0 fully saturated rings. The number of carbonyl (C=O) groups is 1. The molecule has 0 aliphatic heterocycles. The van der Waals surface area contributed by atoms with Gasteiger partial charge in [0.05, 0.1) is 16.7 Å². The lowest BCUT2D eigenvalue weighted by Crippen LogP contribution is -2.32. The summed E-state index contributed by atoms with van der Waals surface area (Å²) < 4.78 is 20.1. The minimum Gasteiger partial charge on any atom is -0.469 e. The van der Waals surface area contributed by atoms with E-state index in [1.54, 1.807) is 12.1 Å². The average molecular weight is 406 g/mol. The number of hydrogen-bond acceptors (Lipinski definition) is 6. The van der Waals surface area contributed by atoms with E-state index < -0.39 is 17.3 Å². The molecule has 0 N–H and O–H groups in total. The molecule has 1 aromatic carbocycles. The van der Waals surface area contributed by atoms with Gasteiger partial charge in [0.25, 0.3) is 5.56 Å². The Kier molecular flexibility index (Phi) is 6.89. The van der Waals surface area contributed by atoms with Gasteiger partial charge in [-0.05, 0) is 24.6 Å². The molecule has 6 nitrogen and oxygen atoms in total. The largest absolute Gasteiger partial charge is 0.469 e. The molecule has 0 spiro atoms. The lowest BCUT2D eigenvalue weighted by atomic mass is 10.2. The molecule has 0 radical (unpaired) electrons. The van der Waals surface area contributed by atoms with Crippen molar-refractivity contribution >= 4 is 40.6 Å². The lowest BCUT2D eigenvalue weighted by molar-refractivity contribution is -0.140. The van der Waals surface area contributed by atoms with Gasteiger partial charge in [-0.3, -0.25) is 14.2 Å². The van der Waals surface area contributed by atoms with Gasteiger partial charge in [-0.25, -0.2) is 4.39 Å². The number of methoxy groups -OCH3 is 1. The molecular weight excluding hydrogens is 393 g/mol. The van der Waals surface area contributed by atoms with Crippen LogP contribution in [-0.2, 0) is 16.1 Å². The van der Waals surface area contributed by atoms with Crippen molar-refractivity contribution in [3.05, 3.63) is 54.2 Å². The van der Waals surface area contributed by atoms with Crippen molar-refractivity contribution in [1.82, 2.24) is 4.57 Å². The molecule has 0 saturated heterocycles. The zero-order chi connectivity index (χ0) is 20.0. The molecule has 0 bridgehead atoms. The van der Waals surface area contributed by atoms with Crippen LogP contribution in [0.3, 0.4) is 0 Å². The highest BCUT2D eigenvalue weighted by Gasteiger charge is 2.12. The van der Waals surface area contributed by atoms with Crippen LogP contribution in [0.4, 0.5) is 4.39 Å². The number of nitrogens with zero attached hydrogens (tertiary/aromatic N) is 3. The van der Waals surface area contributed by atoms with E-state index in [0.29, 0.717) is 0 Å². The fourth-order valence-electron chi connectivity index (χ4n) is 2.29. The Labute approximate surface area is 162 Å². The van der Waals surface area contributed by atoms with Crippen LogP contribution in [-0.4, -0.2) is 17.6 Å². The van der Waals surface area contributed by atoms with Crippen molar-refractivity contribution in [1.29, 1.82) is 10.5 Å². The lowest BCUT2D eigenvalue weighted by Gasteiger charge is -2.01. The van der Waals surface area contributed by atoms with E-state index in [4.69, 9.17) is 22.1 Å². The number of ether oxygens (including phenoxy) is 1. The maximum absolute atomic E-state index is 14.0. The number of halogens is 2. The number of carbonyl (C=O) groups excluding carboxylic acids is 1. The number of aromatic nitrogens is 1. The van der Waals surface area contributed by atoms with Crippen LogP contribution in [0.5, 0.6) is 0 Å². The highest BCUT2D eigenvalue weighted by Crippen LogP contribution is 2.19. The second-order valence-corrected chi connectivity index (χ2v) is 6.72. The molecule has 0 aliphatic carbocycles. The Bertz CT molecular complexity index is 1100. The van der Waals surface area contributed by atoms with Crippen molar-refractivity contribution in [2.24, 2.45) is 0 Å². The average Bonchev–Trinajstić information content (AvgIpc) is 2.95. The van der Waals surface area contributed by atoms with Crippen LogP contribution in [0.1, 0.15) is 18.4 Å². The van der Waals surface area contributed by atoms with Crippen LogP contribution in [0.25, 0.3) is 11.6 Å². The van der Waals surface area contributed by atoms with Gasteiger partial charge in [-0.2, -0.15) is 10.5 Å². The summed E-state index contributed by atoms with van der Waals surface area (Å²) in [6, 6.07) is 7.63. The second kappa shape index (κ2) is 9.13. The molecule has 0 aliphatic rings. The predicted octanol–water partition coefficient (Wildman–Crippen LogP) is 1.68. The van der Waals surface area contributed by atoms with Crippen LogP contribution in [0, 0.1) is 28.5 Å². The van der Waals surface area contributed by atoms with E-state index in [9.17, 15) is 14.0 Å². The Balaban J connectivity index is 2.65. The highest BCUT2D eigenvalue weighted by molar-refractivity contribution is 7.07. The molecule has 0 amide bonds. The molecule has 0 unspecified atom stereocenters. The third kappa shape index (κ3) is 4.62. The quantitative estimate of drug-likeness (QED) is 0.705.